The highest BCUT2D eigenvalue weighted by atomic mass is 35.5. The van der Waals surface area contributed by atoms with Crippen LogP contribution >= 0.6 is 11.6 Å². The fourth-order valence-electron chi connectivity index (χ4n) is 2.34. The van der Waals surface area contributed by atoms with Crippen molar-refractivity contribution in [3.63, 3.8) is 0 Å². The zero-order valence-electron chi connectivity index (χ0n) is 14.6. The van der Waals surface area contributed by atoms with Crippen LogP contribution in [0.5, 0.6) is 0 Å². The minimum Gasteiger partial charge on any atom is -0.501 e. The Morgan fingerprint density at radius 3 is 2.72 bits per heavy atom. The van der Waals surface area contributed by atoms with Crippen molar-refractivity contribution in [3.05, 3.63) is 64.8 Å². The van der Waals surface area contributed by atoms with E-state index in [0.29, 0.717) is 11.7 Å². The van der Waals surface area contributed by atoms with Crippen molar-refractivity contribution in [2.45, 2.75) is 19.8 Å². The largest absolute Gasteiger partial charge is 0.501 e. The van der Waals surface area contributed by atoms with Crippen molar-refractivity contribution in [2.75, 3.05) is 13.7 Å². The molecule has 2 heterocycles. The van der Waals surface area contributed by atoms with Gasteiger partial charge >= 0.3 is 0 Å². The van der Waals surface area contributed by atoms with E-state index in [2.05, 4.69) is 16.0 Å². The lowest BCUT2D eigenvalue weighted by Crippen LogP contribution is -2.01. The van der Waals surface area contributed by atoms with Crippen molar-refractivity contribution in [3.8, 4) is 0 Å². The molecule has 134 valence electrons. The van der Waals surface area contributed by atoms with Crippen molar-refractivity contribution in [1.29, 1.82) is 0 Å². The minimum atomic E-state index is 0.538. The molecule has 6 heteroatoms. The number of nitrogens with two attached hydrogens (primary N) is 1. The highest BCUT2D eigenvalue weighted by Gasteiger charge is 2.02. The number of pyridine rings is 1. The van der Waals surface area contributed by atoms with Crippen LogP contribution in [0, 0.1) is 6.92 Å². The number of hydrogen-bond donors (Lipinski definition) is 2. The summed E-state index contributed by atoms with van der Waals surface area (Å²) in [6, 6.07) is 3.89. The Morgan fingerprint density at radius 1 is 1.32 bits per heavy atom. The van der Waals surface area contributed by atoms with Gasteiger partial charge in [0.1, 0.15) is 11.9 Å². The summed E-state index contributed by atoms with van der Waals surface area (Å²) in [6.45, 7) is 4.71. The van der Waals surface area contributed by atoms with E-state index in [1.807, 2.05) is 44.1 Å². The van der Waals surface area contributed by atoms with Crippen molar-refractivity contribution >= 4 is 29.3 Å². The van der Waals surface area contributed by atoms with Crippen LogP contribution in [0.2, 0.25) is 5.15 Å². The number of aryl methyl sites for hydroxylation is 1. The highest BCUT2D eigenvalue weighted by Crippen LogP contribution is 2.17. The zero-order chi connectivity index (χ0) is 18.7. The third-order valence-electron chi connectivity index (χ3n) is 3.46. The number of rotatable bonds is 3. The molecule has 2 aromatic rings. The molecular formula is C19H24ClN3O2. The molecule has 1 aliphatic carbocycles. The molecule has 0 saturated carbocycles. The van der Waals surface area contributed by atoms with Crippen LogP contribution in [0.15, 0.2) is 54.0 Å². The van der Waals surface area contributed by atoms with Crippen LogP contribution in [-0.2, 0) is 9.53 Å². The van der Waals surface area contributed by atoms with E-state index in [1.165, 1.54) is 5.57 Å². The molecule has 0 aromatic carbocycles. The normalized spacial score (nSPS) is 12.8. The van der Waals surface area contributed by atoms with Gasteiger partial charge in [-0.3, -0.25) is 0 Å². The third-order valence-corrected chi connectivity index (χ3v) is 3.67. The molecule has 0 aliphatic heterocycles. The maximum Gasteiger partial charge on any atom is 0.129 e. The SMILES string of the molecule is C=O.COC1=CC=CC=C(CCN)C1.Cc1cc2cc(Cl)ncc2[nH]1. The number of aromatic amines is 1. The number of hydrogen-bond acceptors (Lipinski definition) is 4. The molecule has 1 aliphatic rings. The Bertz CT molecular complexity index is 763. The fourth-order valence-corrected chi connectivity index (χ4v) is 2.51. The monoisotopic (exact) mass is 361 g/mol. The number of ether oxygens (including phenoxy) is 1. The van der Waals surface area contributed by atoms with Gasteiger partial charge in [0.25, 0.3) is 0 Å². The van der Waals surface area contributed by atoms with Gasteiger partial charge in [0.15, 0.2) is 0 Å². The van der Waals surface area contributed by atoms with E-state index in [0.717, 1.165) is 35.2 Å². The van der Waals surface area contributed by atoms with Crippen molar-refractivity contribution in [2.24, 2.45) is 5.73 Å². The molecule has 0 atom stereocenters. The smallest absolute Gasteiger partial charge is 0.129 e. The van der Waals surface area contributed by atoms with Crippen LogP contribution in [0.1, 0.15) is 18.5 Å². The van der Waals surface area contributed by atoms with Gasteiger partial charge in [0.2, 0.25) is 0 Å². The van der Waals surface area contributed by atoms with E-state index in [1.54, 1.807) is 13.3 Å². The predicted octanol–water partition coefficient (Wildman–Crippen LogP) is 4.09. The van der Waals surface area contributed by atoms with E-state index in [9.17, 15) is 0 Å². The number of nitrogens with one attached hydrogen (secondary N) is 1. The van der Waals surface area contributed by atoms with Gasteiger partial charge in [0, 0.05) is 17.5 Å². The maximum atomic E-state index is 8.00. The number of methoxy groups -OCH3 is 1. The van der Waals surface area contributed by atoms with Crippen molar-refractivity contribution in [1.82, 2.24) is 9.97 Å². The van der Waals surface area contributed by atoms with E-state index in [-0.39, 0.29) is 0 Å². The molecule has 0 unspecified atom stereocenters. The standard InChI is InChI=1S/C10H15NO.C8H7ClN2.CH2O/c1-12-10-5-3-2-4-9(8-10)6-7-11;1-5-2-6-3-8(9)10-4-7(6)11-5;1-2/h2-5H,6-8,11H2,1H3;2-4,11H,1H3;1H2. The number of halogens is 1. The molecule has 0 saturated heterocycles. The first-order valence-electron chi connectivity index (χ1n) is 7.81. The molecule has 2 aromatic heterocycles. The van der Waals surface area contributed by atoms with Crippen LogP contribution < -0.4 is 5.73 Å². The summed E-state index contributed by atoms with van der Waals surface area (Å²) < 4.78 is 5.18. The van der Waals surface area contributed by atoms with Gasteiger partial charge < -0.3 is 20.2 Å². The molecule has 0 radical (unpaired) electrons. The Labute approximate surface area is 153 Å². The second kappa shape index (κ2) is 11.2. The molecule has 0 amide bonds. The van der Waals surface area contributed by atoms with Crippen LogP contribution in [0.4, 0.5) is 0 Å². The number of nitrogens with zero attached hydrogens (tertiary/aromatic N) is 1. The first-order valence-corrected chi connectivity index (χ1v) is 8.19. The van der Waals surface area contributed by atoms with Gasteiger partial charge in [-0.15, -0.1) is 0 Å². The van der Waals surface area contributed by atoms with E-state index < -0.39 is 0 Å². The minimum absolute atomic E-state index is 0.538. The number of carbonyl (C=O) groups is 1. The molecule has 3 rings (SSSR count). The van der Waals surface area contributed by atoms with E-state index in [4.69, 9.17) is 26.9 Å². The zero-order valence-corrected chi connectivity index (χ0v) is 15.3. The molecule has 25 heavy (non-hydrogen) atoms. The van der Waals surface area contributed by atoms with Gasteiger partial charge in [-0.05, 0) is 38.1 Å². The third kappa shape index (κ3) is 6.95. The summed E-state index contributed by atoms with van der Waals surface area (Å²) in [5.41, 5.74) is 8.97. The first kappa shape index (κ1) is 20.7. The summed E-state index contributed by atoms with van der Waals surface area (Å²) in [5.74, 6) is 1.00. The fraction of sp³-hybridized carbons (Fsp3) is 0.263. The number of fused-ring (bicyclic) bond motifs is 1. The highest BCUT2D eigenvalue weighted by molar-refractivity contribution is 6.30. The Morgan fingerprint density at radius 2 is 2.04 bits per heavy atom. The lowest BCUT2D eigenvalue weighted by molar-refractivity contribution is -0.0979. The van der Waals surface area contributed by atoms with Gasteiger partial charge in [-0.1, -0.05) is 35.4 Å². The molecule has 0 spiro atoms. The number of H-pyrrole nitrogens is 1. The number of allylic oxidation sites excluding steroid dienone is 5. The first-order chi connectivity index (χ1) is 12.1. The van der Waals surface area contributed by atoms with Gasteiger partial charge in [0.05, 0.1) is 24.6 Å². The van der Waals surface area contributed by atoms with Crippen molar-refractivity contribution < 1.29 is 9.53 Å². The van der Waals surface area contributed by atoms with Crippen LogP contribution in [0.25, 0.3) is 10.9 Å². The average Bonchev–Trinajstić information content (AvgIpc) is 2.83. The molecule has 0 fully saturated rings. The topological polar surface area (TPSA) is 81.0 Å². The predicted molar refractivity (Wildman–Crippen MR) is 104 cm³/mol. The number of aromatic nitrogens is 2. The van der Waals surface area contributed by atoms with Crippen LogP contribution in [0.3, 0.4) is 0 Å². The summed E-state index contributed by atoms with van der Waals surface area (Å²) in [6.07, 6.45) is 11.7. The molecule has 3 N–H and O–H groups in total. The summed E-state index contributed by atoms with van der Waals surface area (Å²) in [5, 5.41) is 1.65. The Balaban J connectivity index is 0.000000228. The number of carbonyl (C=O) groups excluding carboxylic acids is 1. The molecule has 0 bridgehead atoms. The van der Waals surface area contributed by atoms with E-state index >= 15 is 0 Å². The summed E-state index contributed by atoms with van der Waals surface area (Å²) >= 11 is 5.70. The second-order valence-electron chi connectivity index (χ2n) is 5.31. The maximum absolute atomic E-state index is 8.00. The Kier molecular flexibility index (Phi) is 9.29. The quantitative estimate of drug-likeness (QED) is 0.807. The molecule has 5 nitrogen and oxygen atoms in total. The van der Waals surface area contributed by atoms with Crippen LogP contribution in [-0.4, -0.2) is 30.4 Å². The van der Waals surface area contributed by atoms with Gasteiger partial charge in [-0.2, -0.15) is 0 Å². The Hall–Kier alpha value is -2.37. The summed E-state index contributed by atoms with van der Waals surface area (Å²) in [7, 11) is 1.70. The lowest BCUT2D eigenvalue weighted by atomic mass is 10.1. The molecular weight excluding hydrogens is 338 g/mol. The van der Waals surface area contributed by atoms with Gasteiger partial charge in [-0.25, -0.2) is 4.98 Å². The lowest BCUT2D eigenvalue weighted by Gasteiger charge is -2.06. The summed E-state index contributed by atoms with van der Waals surface area (Å²) in [4.78, 5) is 15.1. The second-order valence-corrected chi connectivity index (χ2v) is 5.70. The average molecular weight is 362 g/mol.